The Morgan fingerprint density at radius 3 is 1.79 bits per heavy atom. The van der Waals surface area contributed by atoms with Gasteiger partial charge in [0, 0.05) is 0 Å². The fourth-order valence-corrected chi connectivity index (χ4v) is 24.7. The summed E-state index contributed by atoms with van der Waals surface area (Å²) < 4.78 is 7.84. The number of carbonyl (C=O) groups is 1. The van der Waals surface area contributed by atoms with Gasteiger partial charge < -0.3 is 0 Å². The molecular formula is C10H20O2Sn2. The van der Waals surface area contributed by atoms with Gasteiger partial charge in [-0.05, 0) is 0 Å². The molecule has 0 aromatic heterocycles. The minimum absolute atomic E-state index is 0.00919. The zero-order chi connectivity index (χ0) is 11.1. The van der Waals surface area contributed by atoms with Crippen LogP contribution in [0.1, 0.15) is 0 Å². The zero-order valence-corrected chi connectivity index (χ0v) is 15.7. The van der Waals surface area contributed by atoms with E-state index in [0.717, 1.165) is 0 Å². The van der Waals surface area contributed by atoms with Crippen LogP contribution in [0.4, 0.5) is 0 Å². The number of cyclic esters (lactones) is 1. The first-order valence-electron chi connectivity index (χ1n) is 5.05. The van der Waals surface area contributed by atoms with Gasteiger partial charge in [-0.1, -0.05) is 0 Å². The van der Waals surface area contributed by atoms with Crippen molar-refractivity contribution in [2.45, 2.75) is 29.6 Å². The van der Waals surface area contributed by atoms with E-state index in [9.17, 15) is 4.79 Å². The van der Waals surface area contributed by atoms with Crippen molar-refractivity contribution in [2.75, 3.05) is 6.61 Å². The second-order valence-electron chi connectivity index (χ2n) is 5.93. The first-order valence-corrected chi connectivity index (χ1v) is 25.0. The standard InChI is InChI=1S/C4H2O2.6CH3.2Sn/c5-4-2-1-3-6-4;;;;;;;;/h3H2;6*1H3;;. The summed E-state index contributed by atoms with van der Waals surface area (Å²) in [5.74, 6) is 0.00919. The first kappa shape index (κ1) is 12.9. The molecule has 0 radical (unpaired) electrons. The predicted octanol–water partition coefficient (Wildman–Crippen LogP) is 2.59. The molecule has 0 aromatic carbocycles. The summed E-state index contributed by atoms with van der Waals surface area (Å²) in [5.41, 5.74) is 0. The van der Waals surface area contributed by atoms with Gasteiger partial charge in [0.2, 0.25) is 0 Å². The average Bonchev–Trinajstić information content (AvgIpc) is 2.27. The Morgan fingerprint density at radius 2 is 1.50 bits per heavy atom. The summed E-state index contributed by atoms with van der Waals surface area (Å²) in [4.78, 5) is 25.7. The van der Waals surface area contributed by atoms with Gasteiger partial charge in [0.15, 0.2) is 0 Å². The Balaban J connectivity index is 3.23. The molecular weight excluding hydrogens is 390 g/mol. The molecule has 2 nitrogen and oxygen atoms in total. The summed E-state index contributed by atoms with van der Waals surface area (Å²) >= 11 is -4.32. The van der Waals surface area contributed by atoms with Crippen LogP contribution in [0.25, 0.3) is 0 Å². The molecule has 0 spiro atoms. The van der Waals surface area contributed by atoms with Gasteiger partial charge in [0.1, 0.15) is 0 Å². The summed E-state index contributed by atoms with van der Waals surface area (Å²) in [6.07, 6.45) is 0. The average molecular weight is 410 g/mol. The van der Waals surface area contributed by atoms with E-state index in [0.29, 0.717) is 6.61 Å². The second kappa shape index (κ2) is 4.00. The van der Waals surface area contributed by atoms with E-state index in [2.05, 4.69) is 29.6 Å². The normalized spacial score (nSPS) is 18.9. The third-order valence-corrected chi connectivity index (χ3v) is 16.6. The van der Waals surface area contributed by atoms with Crippen LogP contribution < -0.4 is 0 Å². The number of hydrogen-bond acceptors (Lipinski definition) is 2. The number of carbonyl (C=O) groups excluding carboxylic acids is 1. The topological polar surface area (TPSA) is 26.3 Å². The molecule has 14 heavy (non-hydrogen) atoms. The molecule has 0 atom stereocenters. The monoisotopic (exact) mass is 412 g/mol. The van der Waals surface area contributed by atoms with Crippen molar-refractivity contribution < 1.29 is 9.53 Å². The quantitative estimate of drug-likeness (QED) is 0.518. The number of hydrogen-bond donors (Lipinski definition) is 0. The summed E-state index contributed by atoms with van der Waals surface area (Å²) in [7, 11) is 0. The van der Waals surface area contributed by atoms with Crippen LogP contribution in [0.5, 0.6) is 0 Å². The van der Waals surface area contributed by atoms with Gasteiger partial charge >= 0.3 is 95.7 Å². The Hall–Kier alpha value is 0.807. The third-order valence-electron chi connectivity index (χ3n) is 2.51. The van der Waals surface area contributed by atoms with Crippen LogP contribution in [0.15, 0.2) is 7.18 Å². The van der Waals surface area contributed by atoms with Gasteiger partial charge in [-0.2, -0.15) is 0 Å². The van der Waals surface area contributed by atoms with Crippen molar-refractivity contribution >= 4 is 42.7 Å². The molecule has 0 aromatic rings. The second-order valence-corrected chi connectivity index (χ2v) is 34.8. The number of esters is 1. The Bertz CT molecular complexity index is 292. The van der Waals surface area contributed by atoms with E-state index in [1.165, 1.54) is 7.18 Å². The van der Waals surface area contributed by atoms with E-state index < -0.39 is 36.8 Å². The van der Waals surface area contributed by atoms with Gasteiger partial charge in [0.05, 0.1) is 0 Å². The fourth-order valence-electron chi connectivity index (χ4n) is 1.76. The van der Waals surface area contributed by atoms with Crippen LogP contribution >= 0.6 is 0 Å². The molecule has 1 heterocycles. The maximum absolute atomic E-state index is 11.7. The summed E-state index contributed by atoms with van der Waals surface area (Å²) in [6.45, 7) is 0.613. The fraction of sp³-hybridized carbons (Fsp3) is 0.700. The van der Waals surface area contributed by atoms with E-state index in [4.69, 9.17) is 4.74 Å². The first-order chi connectivity index (χ1) is 6.14. The van der Waals surface area contributed by atoms with Crippen LogP contribution in [-0.4, -0.2) is 49.3 Å². The van der Waals surface area contributed by atoms with Crippen LogP contribution in [0, 0.1) is 0 Å². The zero-order valence-electron chi connectivity index (χ0n) is 10.0. The van der Waals surface area contributed by atoms with Gasteiger partial charge in [-0.3, -0.25) is 0 Å². The third kappa shape index (κ3) is 2.68. The van der Waals surface area contributed by atoms with Crippen molar-refractivity contribution in [1.29, 1.82) is 0 Å². The molecule has 0 saturated carbocycles. The number of rotatable bonds is 2. The van der Waals surface area contributed by atoms with Gasteiger partial charge in [-0.15, -0.1) is 0 Å². The maximum atomic E-state index is 11.7. The molecule has 1 rings (SSSR count). The van der Waals surface area contributed by atoms with Crippen LogP contribution in [-0.2, 0) is 9.53 Å². The summed E-state index contributed by atoms with van der Waals surface area (Å²) in [6, 6.07) is 0. The SMILES string of the molecule is [CH3][Sn]([CH3])([CH3])[C]1=[C]([Sn]([CH3])([CH3])[CH3])C(=O)OC1. The van der Waals surface area contributed by atoms with Gasteiger partial charge in [0.25, 0.3) is 0 Å². The molecule has 1 aliphatic heterocycles. The van der Waals surface area contributed by atoms with Crippen LogP contribution in [0.2, 0.25) is 29.6 Å². The van der Waals surface area contributed by atoms with E-state index in [1.54, 1.807) is 0 Å². The molecule has 4 heteroatoms. The minimum atomic E-state index is -2.24. The van der Waals surface area contributed by atoms with E-state index in [-0.39, 0.29) is 5.97 Å². The molecule has 0 aliphatic carbocycles. The predicted molar refractivity (Wildman–Crippen MR) is 64.7 cm³/mol. The Labute approximate surface area is 94.8 Å². The molecule has 1 aliphatic rings. The Kier molecular flexibility index (Phi) is 3.67. The van der Waals surface area contributed by atoms with Crippen molar-refractivity contribution in [3.8, 4) is 0 Å². The number of ether oxygens (including phenoxy) is 1. The molecule has 0 bridgehead atoms. The molecule has 80 valence electrons. The van der Waals surface area contributed by atoms with Crippen LogP contribution in [0.3, 0.4) is 0 Å². The summed E-state index contributed by atoms with van der Waals surface area (Å²) in [5, 5.41) is 0. The molecule has 0 unspecified atom stereocenters. The molecule has 0 amide bonds. The van der Waals surface area contributed by atoms with Gasteiger partial charge in [-0.25, -0.2) is 0 Å². The molecule has 0 saturated heterocycles. The van der Waals surface area contributed by atoms with Crippen molar-refractivity contribution in [2.24, 2.45) is 0 Å². The van der Waals surface area contributed by atoms with Crippen molar-refractivity contribution in [3.63, 3.8) is 0 Å². The van der Waals surface area contributed by atoms with E-state index >= 15 is 0 Å². The van der Waals surface area contributed by atoms with Crippen molar-refractivity contribution in [1.82, 2.24) is 0 Å². The van der Waals surface area contributed by atoms with Crippen molar-refractivity contribution in [3.05, 3.63) is 7.18 Å². The molecule has 0 N–H and O–H groups in total. The Morgan fingerprint density at radius 1 is 1.00 bits per heavy atom. The molecule has 0 fully saturated rings. The van der Waals surface area contributed by atoms with E-state index in [1.807, 2.05) is 0 Å².